The maximum atomic E-state index is 13.0. The van der Waals surface area contributed by atoms with E-state index < -0.39 is 10.0 Å². The Kier molecular flexibility index (Phi) is 3.79. The molecular formula is C13H19N5O3S. The monoisotopic (exact) mass is 325 g/mol. The molecule has 1 unspecified atom stereocenters. The van der Waals surface area contributed by atoms with Crippen LogP contribution in [-0.2, 0) is 21.8 Å². The third-order valence-corrected chi connectivity index (χ3v) is 5.92. The van der Waals surface area contributed by atoms with Crippen LogP contribution in [0, 0.1) is 6.92 Å². The van der Waals surface area contributed by atoms with Crippen molar-refractivity contribution in [2.24, 2.45) is 7.05 Å². The van der Waals surface area contributed by atoms with Crippen LogP contribution in [-0.4, -0.2) is 52.2 Å². The highest BCUT2D eigenvalue weighted by molar-refractivity contribution is 7.89. The SMILES string of the molecule is CO[C@@H]1CC(c2ncc[nH]2)N(S(=O)(=O)c2cn(C)nc2C)C1. The quantitative estimate of drug-likeness (QED) is 0.888. The molecule has 0 spiro atoms. The first-order chi connectivity index (χ1) is 10.4. The summed E-state index contributed by atoms with van der Waals surface area (Å²) >= 11 is 0. The molecule has 1 aliphatic rings. The van der Waals surface area contributed by atoms with E-state index in [0.29, 0.717) is 24.5 Å². The fourth-order valence-corrected chi connectivity index (χ4v) is 4.71. The van der Waals surface area contributed by atoms with Gasteiger partial charge in [-0.15, -0.1) is 0 Å². The van der Waals surface area contributed by atoms with Gasteiger partial charge in [-0.1, -0.05) is 0 Å². The van der Waals surface area contributed by atoms with Gasteiger partial charge in [-0.2, -0.15) is 9.40 Å². The zero-order valence-corrected chi connectivity index (χ0v) is 13.5. The molecule has 3 rings (SSSR count). The number of H-pyrrole nitrogens is 1. The van der Waals surface area contributed by atoms with E-state index in [9.17, 15) is 8.42 Å². The molecule has 0 radical (unpaired) electrons. The maximum absolute atomic E-state index is 13.0. The number of rotatable bonds is 4. The molecule has 1 saturated heterocycles. The minimum Gasteiger partial charge on any atom is -0.380 e. The highest BCUT2D eigenvalue weighted by Gasteiger charge is 2.43. The van der Waals surface area contributed by atoms with E-state index in [2.05, 4.69) is 15.1 Å². The zero-order chi connectivity index (χ0) is 15.9. The molecule has 2 aromatic heterocycles. The first-order valence-electron chi connectivity index (χ1n) is 6.97. The van der Waals surface area contributed by atoms with Gasteiger partial charge < -0.3 is 9.72 Å². The molecule has 1 N–H and O–H groups in total. The summed E-state index contributed by atoms with van der Waals surface area (Å²) < 4.78 is 34.3. The summed E-state index contributed by atoms with van der Waals surface area (Å²) in [5, 5.41) is 4.13. The highest BCUT2D eigenvalue weighted by atomic mass is 32.2. The summed E-state index contributed by atoms with van der Waals surface area (Å²) in [6, 6.07) is -0.357. The molecule has 9 heteroatoms. The van der Waals surface area contributed by atoms with Crippen LogP contribution in [0.15, 0.2) is 23.5 Å². The summed E-state index contributed by atoms with van der Waals surface area (Å²) in [5.74, 6) is 0.629. The van der Waals surface area contributed by atoms with Gasteiger partial charge in [0.05, 0.1) is 17.8 Å². The minimum absolute atomic E-state index is 0.151. The molecule has 22 heavy (non-hydrogen) atoms. The van der Waals surface area contributed by atoms with Gasteiger partial charge in [0.2, 0.25) is 10.0 Å². The van der Waals surface area contributed by atoms with Crippen molar-refractivity contribution < 1.29 is 13.2 Å². The molecule has 0 amide bonds. The summed E-state index contributed by atoms with van der Waals surface area (Å²) in [4.78, 5) is 7.44. The third-order valence-electron chi connectivity index (χ3n) is 3.94. The van der Waals surface area contributed by atoms with Crippen molar-refractivity contribution >= 4 is 10.0 Å². The van der Waals surface area contributed by atoms with Gasteiger partial charge in [0.25, 0.3) is 0 Å². The minimum atomic E-state index is -3.66. The number of aromatic amines is 1. The molecule has 2 aromatic rings. The van der Waals surface area contributed by atoms with E-state index in [1.54, 1.807) is 33.5 Å². The zero-order valence-electron chi connectivity index (χ0n) is 12.7. The highest BCUT2D eigenvalue weighted by Crippen LogP contribution is 2.36. The Morgan fingerprint density at radius 2 is 2.23 bits per heavy atom. The van der Waals surface area contributed by atoms with Crippen molar-refractivity contribution in [3.05, 3.63) is 30.1 Å². The van der Waals surface area contributed by atoms with Gasteiger partial charge >= 0.3 is 0 Å². The number of methoxy groups -OCH3 is 1. The first kappa shape index (κ1) is 15.2. The van der Waals surface area contributed by atoms with E-state index in [0.717, 1.165) is 0 Å². The van der Waals surface area contributed by atoms with Gasteiger partial charge in [-0.25, -0.2) is 13.4 Å². The van der Waals surface area contributed by atoms with Crippen molar-refractivity contribution in [2.75, 3.05) is 13.7 Å². The molecule has 2 atom stereocenters. The van der Waals surface area contributed by atoms with Gasteiger partial charge in [-0.3, -0.25) is 4.68 Å². The van der Waals surface area contributed by atoms with Crippen LogP contribution in [0.1, 0.15) is 24.0 Å². The average molecular weight is 325 g/mol. The Hall–Kier alpha value is -1.71. The van der Waals surface area contributed by atoms with Crippen LogP contribution in [0.4, 0.5) is 0 Å². The molecule has 0 saturated carbocycles. The largest absolute Gasteiger partial charge is 0.380 e. The third kappa shape index (κ3) is 2.44. The fourth-order valence-electron chi connectivity index (χ4n) is 2.87. The number of aryl methyl sites for hydroxylation is 2. The summed E-state index contributed by atoms with van der Waals surface area (Å²) in [6.45, 7) is 2.00. The van der Waals surface area contributed by atoms with Gasteiger partial charge in [0.15, 0.2) is 0 Å². The Balaban J connectivity index is 2.02. The Labute approximate surface area is 129 Å². The lowest BCUT2D eigenvalue weighted by molar-refractivity contribution is 0.114. The number of aromatic nitrogens is 4. The second kappa shape index (κ2) is 5.49. The van der Waals surface area contributed by atoms with Gasteiger partial charge in [0, 0.05) is 39.3 Å². The lowest BCUT2D eigenvalue weighted by Gasteiger charge is -2.21. The number of nitrogens with zero attached hydrogens (tertiary/aromatic N) is 4. The molecule has 120 valence electrons. The van der Waals surface area contributed by atoms with Gasteiger partial charge in [-0.05, 0) is 13.3 Å². The molecule has 1 fully saturated rings. The molecule has 0 aliphatic carbocycles. The maximum Gasteiger partial charge on any atom is 0.247 e. The van der Waals surface area contributed by atoms with E-state index in [1.165, 1.54) is 15.2 Å². The van der Waals surface area contributed by atoms with Crippen molar-refractivity contribution in [3.63, 3.8) is 0 Å². The topological polar surface area (TPSA) is 93.1 Å². The second-order valence-corrected chi connectivity index (χ2v) is 7.27. The number of ether oxygens (including phenoxy) is 1. The van der Waals surface area contributed by atoms with Crippen molar-refractivity contribution in [1.82, 2.24) is 24.1 Å². The van der Waals surface area contributed by atoms with Crippen LogP contribution in [0.5, 0.6) is 0 Å². The van der Waals surface area contributed by atoms with Crippen LogP contribution in [0.2, 0.25) is 0 Å². The lowest BCUT2D eigenvalue weighted by atomic mass is 10.2. The van der Waals surface area contributed by atoms with Crippen LogP contribution >= 0.6 is 0 Å². The van der Waals surface area contributed by atoms with Crippen LogP contribution in [0.25, 0.3) is 0 Å². The number of hydrogen-bond acceptors (Lipinski definition) is 5. The molecular weight excluding hydrogens is 306 g/mol. The predicted molar refractivity (Wildman–Crippen MR) is 78.6 cm³/mol. The van der Waals surface area contributed by atoms with E-state index in [-0.39, 0.29) is 17.0 Å². The van der Waals surface area contributed by atoms with Crippen molar-refractivity contribution in [3.8, 4) is 0 Å². The Morgan fingerprint density at radius 3 is 2.77 bits per heavy atom. The smallest absolute Gasteiger partial charge is 0.247 e. The molecule has 8 nitrogen and oxygen atoms in total. The van der Waals surface area contributed by atoms with Gasteiger partial charge in [0.1, 0.15) is 10.7 Å². The average Bonchev–Trinajstić information content (AvgIpc) is 3.16. The Bertz CT molecular complexity index is 753. The number of sulfonamides is 1. The number of nitrogens with one attached hydrogen (secondary N) is 1. The number of hydrogen-bond donors (Lipinski definition) is 1. The summed E-state index contributed by atoms with van der Waals surface area (Å²) in [7, 11) is -0.358. The lowest BCUT2D eigenvalue weighted by Crippen LogP contribution is -2.32. The van der Waals surface area contributed by atoms with E-state index in [1.807, 2.05) is 0 Å². The normalized spacial score (nSPS) is 23.2. The molecule has 3 heterocycles. The molecule has 0 bridgehead atoms. The van der Waals surface area contributed by atoms with Crippen LogP contribution in [0.3, 0.4) is 0 Å². The molecule has 1 aliphatic heterocycles. The predicted octanol–water partition coefficient (Wildman–Crippen LogP) is 0.602. The summed E-state index contributed by atoms with van der Waals surface area (Å²) in [5.41, 5.74) is 0.488. The second-order valence-electron chi connectivity index (χ2n) is 5.41. The van der Waals surface area contributed by atoms with E-state index in [4.69, 9.17) is 4.74 Å². The molecule has 0 aromatic carbocycles. The van der Waals surface area contributed by atoms with E-state index >= 15 is 0 Å². The number of imidazole rings is 1. The van der Waals surface area contributed by atoms with Crippen LogP contribution < -0.4 is 0 Å². The summed E-state index contributed by atoms with van der Waals surface area (Å²) in [6.07, 6.45) is 5.26. The first-order valence-corrected chi connectivity index (χ1v) is 8.41. The standard InChI is InChI=1S/C13H19N5O3S/c1-9-12(8-17(2)16-9)22(19,20)18-7-10(21-3)6-11(18)13-14-4-5-15-13/h4-5,8,10-11H,6-7H2,1-3H3,(H,14,15)/t10-,11?/m1/s1. The van der Waals surface area contributed by atoms with Crippen molar-refractivity contribution in [2.45, 2.75) is 30.4 Å². The van der Waals surface area contributed by atoms with Crippen molar-refractivity contribution in [1.29, 1.82) is 0 Å². The fraction of sp³-hybridized carbons (Fsp3) is 0.538. The Morgan fingerprint density at radius 1 is 1.45 bits per heavy atom.